The summed E-state index contributed by atoms with van der Waals surface area (Å²) < 4.78 is 0. The van der Waals surface area contributed by atoms with Crippen molar-refractivity contribution < 1.29 is 0 Å². The van der Waals surface area contributed by atoms with Crippen molar-refractivity contribution >= 4 is 12.2 Å². The van der Waals surface area contributed by atoms with Crippen LogP contribution in [0.25, 0.3) is 12.2 Å². The number of rotatable bonds is 3. The highest BCUT2D eigenvalue weighted by molar-refractivity contribution is 5.33. The minimum atomic E-state index is 0.558. The molecule has 16 heavy (non-hydrogen) atoms. The van der Waals surface area contributed by atoms with E-state index in [9.17, 15) is 0 Å². The molecule has 0 N–H and O–H groups in total. The van der Waals surface area contributed by atoms with Crippen molar-refractivity contribution in [1.82, 2.24) is 0 Å². The van der Waals surface area contributed by atoms with Gasteiger partial charge in [-0.05, 0) is 49.1 Å². The van der Waals surface area contributed by atoms with Gasteiger partial charge in [0.1, 0.15) is 0 Å². The fourth-order valence-electron chi connectivity index (χ4n) is 2.05. The lowest BCUT2D eigenvalue weighted by molar-refractivity contribution is 0.752. The Hall–Kier alpha value is -1.30. The van der Waals surface area contributed by atoms with Crippen molar-refractivity contribution in [2.24, 2.45) is 0 Å². The van der Waals surface area contributed by atoms with Crippen molar-refractivity contribution in [3.63, 3.8) is 0 Å². The predicted octanol–water partition coefficient (Wildman–Crippen LogP) is 3.36. The zero-order valence-corrected chi connectivity index (χ0v) is 10.9. The SMILES string of the molecule is C=C(C)CC(C)c1ccc(=CC)c(=CC)c1. The standard InChI is InChI=1S/C16H22/c1-6-14-8-9-16(11-15(14)7-2)13(5)10-12(3)4/h6-9,11,13H,3,10H2,1-2,4-5H3. The maximum atomic E-state index is 3.98. The van der Waals surface area contributed by atoms with Gasteiger partial charge in [-0.1, -0.05) is 42.8 Å². The van der Waals surface area contributed by atoms with E-state index in [0.29, 0.717) is 5.92 Å². The van der Waals surface area contributed by atoms with E-state index >= 15 is 0 Å². The van der Waals surface area contributed by atoms with Gasteiger partial charge in [-0.3, -0.25) is 0 Å². The molecule has 0 fully saturated rings. The first-order valence-corrected chi connectivity index (χ1v) is 5.95. The minimum Gasteiger partial charge on any atom is -0.100 e. The van der Waals surface area contributed by atoms with Crippen LogP contribution < -0.4 is 10.4 Å². The first kappa shape index (κ1) is 12.8. The quantitative estimate of drug-likeness (QED) is 0.677. The summed E-state index contributed by atoms with van der Waals surface area (Å²) in [6.07, 6.45) is 5.40. The second-order valence-electron chi connectivity index (χ2n) is 4.53. The number of hydrogen-bond acceptors (Lipinski definition) is 0. The molecule has 0 aromatic heterocycles. The Morgan fingerprint density at radius 2 is 1.88 bits per heavy atom. The fraction of sp³-hybridized carbons (Fsp3) is 0.375. The van der Waals surface area contributed by atoms with Crippen LogP contribution in [0.3, 0.4) is 0 Å². The lowest BCUT2D eigenvalue weighted by Crippen LogP contribution is -2.24. The van der Waals surface area contributed by atoms with Gasteiger partial charge in [-0.2, -0.15) is 0 Å². The molecule has 1 aromatic rings. The number of allylic oxidation sites excluding steroid dienone is 1. The van der Waals surface area contributed by atoms with Crippen LogP contribution in [0.5, 0.6) is 0 Å². The molecule has 86 valence electrons. The molecule has 0 spiro atoms. The summed E-state index contributed by atoms with van der Waals surface area (Å²) in [5.74, 6) is 0.558. The van der Waals surface area contributed by atoms with E-state index in [0.717, 1.165) is 6.42 Å². The summed E-state index contributed by atoms with van der Waals surface area (Å²) in [6.45, 7) is 12.5. The Bertz CT molecular complexity index is 477. The third-order valence-electron chi connectivity index (χ3n) is 2.96. The fourth-order valence-corrected chi connectivity index (χ4v) is 2.05. The maximum absolute atomic E-state index is 3.98. The van der Waals surface area contributed by atoms with Crippen molar-refractivity contribution in [1.29, 1.82) is 0 Å². The zero-order valence-electron chi connectivity index (χ0n) is 10.9. The lowest BCUT2D eigenvalue weighted by Gasteiger charge is -2.11. The third kappa shape index (κ3) is 3.10. The highest BCUT2D eigenvalue weighted by Crippen LogP contribution is 2.20. The molecule has 1 atom stereocenters. The maximum Gasteiger partial charge on any atom is -0.0153 e. The van der Waals surface area contributed by atoms with Crippen molar-refractivity contribution in [3.8, 4) is 0 Å². The van der Waals surface area contributed by atoms with Crippen LogP contribution >= 0.6 is 0 Å². The number of benzene rings is 1. The second kappa shape index (κ2) is 5.69. The molecule has 0 heteroatoms. The molecular formula is C16H22. The van der Waals surface area contributed by atoms with E-state index in [-0.39, 0.29) is 0 Å². The van der Waals surface area contributed by atoms with Crippen molar-refractivity contribution in [2.45, 2.75) is 40.0 Å². The van der Waals surface area contributed by atoms with E-state index < -0.39 is 0 Å². The second-order valence-corrected chi connectivity index (χ2v) is 4.53. The average molecular weight is 214 g/mol. The molecule has 0 nitrogen and oxygen atoms in total. The van der Waals surface area contributed by atoms with E-state index in [2.05, 4.69) is 64.6 Å². The molecular weight excluding hydrogens is 192 g/mol. The van der Waals surface area contributed by atoms with Crippen LogP contribution in [0.1, 0.15) is 45.6 Å². The first-order valence-electron chi connectivity index (χ1n) is 5.95. The Balaban J connectivity index is 3.14. The van der Waals surface area contributed by atoms with Crippen LogP contribution in [-0.2, 0) is 0 Å². The van der Waals surface area contributed by atoms with Crippen LogP contribution in [0.15, 0.2) is 30.4 Å². The molecule has 1 aromatic carbocycles. The largest absolute Gasteiger partial charge is 0.100 e. The van der Waals surface area contributed by atoms with Gasteiger partial charge in [0.05, 0.1) is 0 Å². The normalized spacial score (nSPS) is 15.2. The molecule has 0 amide bonds. The van der Waals surface area contributed by atoms with Gasteiger partial charge in [0.25, 0.3) is 0 Å². The molecule has 1 unspecified atom stereocenters. The van der Waals surface area contributed by atoms with Gasteiger partial charge < -0.3 is 0 Å². The lowest BCUT2D eigenvalue weighted by atomic mass is 9.94. The van der Waals surface area contributed by atoms with E-state index in [1.807, 2.05) is 0 Å². The summed E-state index contributed by atoms with van der Waals surface area (Å²) in [7, 11) is 0. The molecule has 0 saturated heterocycles. The monoisotopic (exact) mass is 214 g/mol. The summed E-state index contributed by atoms with van der Waals surface area (Å²) in [5.41, 5.74) is 2.65. The minimum absolute atomic E-state index is 0.558. The number of hydrogen-bond donors (Lipinski definition) is 0. The molecule has 0 bridgehead atoms. The molecule has 0 aliphatic carbocycles. The van der Waals surface area contributed by atoms with E-state index in [1.54, 1.807) is 0 Å². The Morgan fingerprint density at radius 1 is 1.25 bits per heavy atom. The van der Waals surface area contributed by atoms with Gasteiger partial charge in [0, 0.05) is 0 Å². The van der Waals surface area contributed by atoms with Gasteiger partial charge in [-0.25, -0.2) is 0 Å². The van der Waals surface area contributed by atoms with Gasteiger partial charge in [-0.15, -0.1) is 6.58 Å². The molecule has 0 aliphatic heterocycles. The smallest absolute Gasteiger partial charge is 0.0153 e. The summed E-state index contributed by atoms with van der Waals surface area (Å²) in [4.78, 5) is 0. The molecule has 1 rings (SSSR count). The van der Waals surface area contributed by atoms with Gasteiger partial charge in [0.15, 0.2) is 0 Å². The van der Waals surface area contributed by atoms with E-state index in [1.165, 1.54) is 21.6 Å². The summed E-state index contributed by atoms with van der Waals surface area (Å²) in [5, 5.41) is 2.64. The Labute approximate surface area is 99.0 Å². The van der Waals surface area contributed by atoms with Gasteiger partial charge in [0.2, 0.25) is 0 Å². The molecule has 0 heterocycles. The average Bonchev–Trinajstić information content (AvgIpc) is 2.27. The summed E-state index contributed by atoms with van der Waals surface area (Å²) >= 11 is 0. The zero-order chi connectivity index (χ0) is 12.1. The van der Waals surface area contributed by atoms with Gasteiger partial charge >= 0.3 is 0 Å². The van der Waals surface area contributed by atoms with Crippen LogP contribution in [0.2, 0.25) is 0 Å². The van der Waals surface area contributed by atoms with Crippen LogP contribution in [0.4, 0.5) is 0 Å². The third-order valence-corrected chi connectivity index (χ3v) is 2.96. The van der Waals surface area contributed by atoms with Crippen LogP contribution in [0, 0.1) is 0 Å². The van der Waals surface area contributed by atoms with E-state index in [4.69, 9.17) is 0 Å². The molecule has 0 saturated carbocycles. The van der Waals surface area contributed by atoms with Crippen LogP contribution in [-0.4, -0.2) is 0 Å². The summed E-state index contributed by atoms with van der Waals surface area (Å²) in [6, 6.07) is 6.73. The topological polar surface area (TPSA) is 0 Å². The predicted molar refractivity (Wildman–Crippen MR) is 73.8 cm³/mol. The Kier molecular flexibility index (Phi) is 4.54. The highest BCUT2D eigenvalue weighted by atomic mass is 14.1. The first-order chi connectivity index (χ1) is 7.58. The van der Waals surface area contributed by atoms with Crippen molar-refractivity contribution in [3.05, 3.63) is 46.4 Å². The highest BCUT2D eigenvalue weighted by Gasteiger charge is 2.04. The van der Waals surface area contributed by atoms with Crippen molar-refractivity contribution in [2.75, 3.05) is 0 Å². The molecule has 0 radical (unpaired) electrons. The molecule has 0 aliphatic rings. The Morgan fingerprint density at radius 3 is 2.38 bits per heavy atom.